The molecule has 17 heavy (non-hydrogen) atoms. The van der Waals surface area contributed by atoms with Crippen LogP contribution in [0.1, 0.15) is 59.8 Å². The Morgan fingerprint density at radius 1 is 1.41 bits per heavy atom. The zero-order chi connectivity index (χ0) is 12.7. The fraction of sp³-hybridized carbons (Fsp3) is 0.867. The van der Waals surface area contributed by atoms with Crippen LogP contribution in [0.4, 0.5) is 0 Å². The fourth-order valence-corrected chi connectivity index (χ4v) is 3.18. The van der Waals surface area contributed by atoms with Gasteiger partial charge in [-0.1, -0.05) is 11.6 Å². The Kier molecular flexibility index (Phi) is 3.39. The van der Waals surface area contributed by atoms with E-state index in [1.54, 1.807) is 0 Å². The van der Waals surface area contributed by atoms with Gasteiger partial charge in [-0.2, -0.15) is 0 Å². The lowest BCUT2D eigenvalue weighted by Gasteiger charge is -2.37. The van der Waals surface area contributed by atoms with Crippen molar-refractivity contribution in [2.24, 2.45) is 5.92 Å². The van der Waals surface area contributed by atoms with Crippen molar-refractivity contribution < 1.29 is 9.84 Å². The summed E-state index contributed by atoms with van der Waals surface area (Å²) in [6.07, 6.45) is 8.01. The Labute approximate surface area is 105 Å². The van der Waals surface area contributed by atoms with Gasteiger partial charge < -0.3 is 9.84 Å². The maximum atomic E-state index is 10.1. The van der Waals surface area contributed by atoms with E-state index in [0.717, 1.165) is 19.3 Å². The Balaban J connectivity index is 2.02. The minimum atomic E-state index is -0.710. The van der Waals surface area contributed by atoms with Gasteiger partial charge >= 0.3 is 0 Å². The first-order chi connectivity index (χ1) is 7.81. The first-order valence-electron chi connectivity index (χ1n) is 6.87. The first-order valence-corrected chi connectivity index (χ1v) is 6.87. The third-order valence-electron chi connectivity index (χ3n) is 4.60. The lowest BCUT2D eigenvalue weighted by atomic mass is 9.77. The molecule has 1 N–H and O–H groups in total. The van der Waals surface area contributed by atoms with Gasteiger partial charge in [-0.15, -0.1) is 0 Å². The van der Waals surface area contributed by atoms with Crippen molar-refractivity contribution in [1.82, 2.24) is 0 Å². The largest absolute Gasteiger partial charge is 0.388 e. The highest BCUT2D eigenvalue weighted by Crippen LogP contribution is 2.44. The summed E-state index contributed by atoms with van der Waals surface area (Å²) in [5, 5.41) is 10.1. The van der Waals surface area contributed by atoms with Gasteiger partial charge in [0.15, 0.2) is 0 Å². The molecule has 1 heterocycles. The zero-order valence-corrected chi connectivity index (χ0v) is 11.6. The van der Waals surface area contributed by atoms with Crippen molar-refractivity contribution in [3.05, 3.63) is 11.6 Å². The molecule has 2 heteroatoms. The molecule has 1 saturated heterocycles. The number of rotatable bonds is 2. The molecule has 0 aromatic rings. The molecule has 1 aliphatic carbocycles. The molecule has 0 radical (unpaired) electrons. The predicted octanol–water partition coefficient (Wildman–Crippen LogP) is 3.44. The highest BCUT2D eigenvalue weighted by molar-refractivity contribution is 5.07. The van der Waals surface area contributed by atoms with Gasteiger partial charge in [0, 0.05) is 0 Å². The van der Waals surface area contributed by atoms with Crippen molar-refractivity contribution in [1.29, 1.82) is 0 Å². The van der Waals surface area contributed by atoms with Crippen LogP contribution < -0.4 is 0 Å². The number of allylic oxidation sites excluding steroid dienone is 2. The number of hydrogen-bond acceptors (Lipinski definition) is 2. The Morgan fingerprint density at radius 2 is 2.12 bits per heavy atom. The van der Waals surface area contributed by atoms with E-state index in [2.05, 4.69) is 19.9 Å². The standard InChI is InChI=1S/C15H26O2/c1-11-5-7-12(8-6-11)15(4)10-9-13(17-15)14(2,3)16/h5,12-13,16H,6-10H2,1-4H3/t12-,13+,15+/m0/s1. The smallest absolute Gasteiger partial charge is 0.0865 e. The van der Waals surface area contributed by atoms with Gasteiger partial charge in [-0.3, -0.25) is 0 Å². The molecule has 2 nitrogen and oxygen atoms in total. The van der Waals surface area contributed by atoms with Crippen LogP contribution >= 0.6 is 0 Å². The van der Waals surface area contributed by atoms with Gasteiger partial charge in [-0.05, 0) is 65.7 Å². The van der Waals surface area contributed by atoms with Crippen molar-refractivity contribution in [2.45, 2.75) is 77.1 Å². The van der Waals surface area contributed by atoms with Gasteiger partial charge in [0.05, 0.1) is 17.3 Å². The van der Waals surface area contributed by atoms with E-state index in [1.165, 1.54) is 18.4 Å². The third kappa shape index (κ3) is 2.74. The quantitative estimate of drug-likeness (QED) is 0.747. The van der Waals surface area contributed by atoms with Crippen LogP contribution in [0.3, 0.4) is 0 Å². The third-order valence-corrected chi connectivity index (χ3v) is 4.60. The summed E-state index contributed by atoms with van der Waals surface area (Å²) in [5.74, 6) is 0.624. The van der Waals surface area contributed by atoms with E-state index in [9.17, 15) is 5.11 Å². The Morgan fingerprint density at radius 3 is 2.59 bits per heavy atom. The molecule has 0 bridgehead atoms. The van der Waals surface area contributed by atoms with Crippen molar-refractivity contribution in [3.8, 4) is 0 Å². The van der Waals surface area contributed by atoms with Crippen LogP contribution in [-0.2, 0) is 4.74 Å². The molecule has 1 aliphatic heterocycles. The second-order valence-corrected chi connectivity index (χ2v) is 6.63. The molecule has 0 saturated carbocycles. The van der Waals surface area contributed by atoms with Gasteiger partial charge in [0.2, 0.25) is 0 Å². The summed E-state index contributed by atoms with van der Waals surface area (Å²) < 4.78 is 6.21. The van der Waals surface area contributed by atoms with E-state index in [0.29, 0.717) is 5.92 Å². The van der Waals surface area contributed by atoms with Gasteiger partial charge in [0.1, 0.15) is 0 Å². The SMILES string of the molecule is CC1=CC[C@H]([C@@]2(C)CC[C@H](C(C)(C)O)O2)CC1. The molecule has 0 amide bonds. The minimum absolute atomic E-state index is 0.000460. The molecule has 2 rings (SSSR count). The van der Waals surface area contributed by atoms with Crippen LogP contribution in [0.15, 0.2) is 11.6 Å². The van der Waals surface area contributed by atoms with E-state index in [-0.39, 0.29) is 11.7 Å². The molecule has 2 aliphatic rings. The molecule has 0 aromatic carbocycles. The van der Waals surface area contributed by atoms with E-state index in [1.807, 2.05) is 13.8 Å². The highest BCUT2D eigenvalue weighted by atomic mass is 16.5. The summed E-state index contributed by atoms with van der Waals surface area (Å²) >= 11 is 0. The van der Waals surface area contributed by atoms with E-state index >= 15 is 0 Å². The maximum absolute atomic E-state index is 10.1. The number of aliphatic hydroxyl groups is 1. The topological polar surface area (TPSA) is 29.5 Å². The lowest BCUT2D eigenvalue weighted by molar-refractivity contribution is -0.135. The monoisotopic (exact) mass is 238 g/mol. The van der Waals surface area contributed by atoms with E-state index in [4.69, 9.17) is 4.74 Å². The van der Waals surface area contributed by atoms with Crippen molar-refractivity contribution >= 4 is 0 Å². The predicted molar refractivity (Wildman–Crippen MR) is 69.9 cm³/mol. The number of hydrogen-bond donors (Lipinski definition) is 1. The molecule has 1 fully saturated rings. The summed E-state index contributed by atoms with van der Waals surface area (Å²) in [6, 6.07) is 0. The fourth-order valence-electron chi connectivity index (χ4n) is 3.18. The highest BCUT2D eigenvalue weighted by Gasteiger charge is 2.46. The van der Waals surface area contributed by atoms with Crippen LogP contribution in [0, 0.1) is 5.92 Å². The van der Waals surface area contributed by atoms with Crippen LogP contribution in [0.2, 0.25) is 0 Å². The Bertz CT molecular complexity index is 313. The molecule has 0 spiro atoms. The average Bonchev–Trinajstić information content (AvgIpc) is 2.62. The second-order valence-electron chi connectivity index (χ2n) is 6.63. The van der Waals surface area contributed by atoms with Gasteiger partial charge in [-0.25, -0.2) is 0 Å². The van der Waals surface area contributed by atoms with Crippen LogP contribution in [0.25, 0.3) is 0 Å². The lowest BCUT2D eigenvalue weighted by Crippen LogP contribution is -2.41. The second kappa shape index (κ2) is 4.40. The van der Waals surface area contributed by atoms with Crippen LogP contribution in [-0.4, -0.2) is 22.4 Å². The Hall–Kier alpha value is -0.340. The molecule has 0 aromatic heterocycles. The molecule has 0 unspecified atom stereocenters. The maximum Gasteiger partial charge on any atom is 0.0865 e. The average molecular weight is 238 g/mol. The summed E-state index contributed by atoms with van der Waals surface area (Å²) in [4.78, 5) is 0. The summed E-state index contributed by atoms with van der Waals surface area (Å²) in [5.41, 5.74) is 0.780. The zero-order valence-electron chi connectivity index (χ0n) is 11.6. The van der Waals surface area contributed by atoms with Crippen molar-refractivity contribution in [3.63, 3.8) is 0 Å². The minimum Gasteiger partial charge on any atom is -0.388 e. The summed E-state index contributed by atoms with van der Waals surface area (Å²) in [6.45, 7) is 8.16. The molecule has 3 atom stereocenters. The van der Waals surface area contributed by atoms with E-state index < -0.39 is 5.60 Å². The molecular weight excluding hydrogens is 212 g/mol. The molecular formula is C15H26O2. The molecule has 98 valence electrons. The normalized spacial score (nSPS) is 39.2. The van der Waals surface area contributed by atoms with Crippen LogP contribution in [0.5, 0.6) is 0 Å². The van der Waals surface area contributed by atoms with Crippen molar-refractivity contribution in [2.75, 3.05) is 0 Å². The summed E-state index contributed by atoms with van der Waals surface area (Å²) in [7, 11) is 0. The van der Waals surface area contributed by atoms with Gasteiger partial charge in [0.25, 0.3) is 0 Å². The first kappa shape index (κ1) is 13.1. The number of ether oxygens (including phenoxy) is 1.